The Bertz CT molecular complexity index is 132. The number of Topliss-reactive ketones (excluding diaryl/α,β-unsaturated/α-hetero) is 1. The minimum absolute atomic E-state index is 0.122. The van der Waals surface area contributed by atoms with Crippen LogP contribution < -0.4 is 0 Å². The van der Waals surface area contributed by atoms with Gasteiger partial charge in [-0.3, -0.25) is 4.79 Å². The topological polar surface area (TPSA) is 20.3 Å². The van der Waals surface area contributed by atoms with E-state index in [4.69, 9.17) is 6.42 Å². The van der Waals surface area contributed by atoms with Crippen molar-refractivity contribution in [3.05, 3.63) is 0 Å². The van der Waals surface area contributed by atoms with Crippen LogP contribution in [0.1, 0.15) is 6.42 Å². The van der Waals surface area contributed by atoms with Crippen molar-refractivity contribution >= 4 is 5.78 Å². The summed E-state index contributed by atoms with van der Waals surface area (Å²) < 4.78 is 0. The van der Waals surface area contributed by atoms with Crippen molar-refractivity contribution in [1.29, 1.82) is 0 Å². The van der Waals surface area contributed by atoms with Crippen LogP contribution >= 0.6 is 0 Å². The summed E-state index contributed by atoms with van der Waals surface area (Å²) in [5.41, 5.74) is 0. The molecule has 0 saturated carbocycles. The van der Waals surface area contributed by atoms with E-state index in [9.17, 15) is 4.79 Å². The van der Waals surface area contributed by atoms with E-state index >= 15 is 0 Å². The monoisotopic (exact) mass is 125 g/mol. The molecule has 0 heterocycles. The number of nitrogens with zero attached hydrogens (tertiary/aromatic N) is 1. The van der Waals surface area contributed by atoms with Gasteiger partial charge >= 0.3 is 0 Å². The molecule has 0 aromatic carbocycles. The summed E-state index contributed by atoms with van der Waals surface area (Å²) >= 11 is 0. The number of terminal acetylenes is 1. The fraction of sp³-hybridized carbons (Fsp3) is 0.571. The summed E-state index contributed by atoms with van der Waals surface area (Å²) in [6, 6.07) is 0. The second-order valence-corrected chi connectivity index (χ2v) is 2.12. The van der Waals surface area contributed by atoms with Crippen LogP contribution in [0.3, 0.4) is 0 Å². The quantitative estimate of drug-likeness (QED) is 0.395. The van der Waals surface area contributed by atoms with Crippen LogP contribution in [-0.2, 0) is 4.79 Å². The minimum Gasteiger partial charge on any atom is -0.309 e. The Morgan fingerprint density at radius 2 is 2.22 bits per heavy atom. The SMILES string of the molecule is C#CC(=O)CCN(C)C. The van der Waals surface area contributed by atoms with E-state index < -0.39 is 0 Å². The molecular weight excluding hydrogens is 114 g/mol. The van der Waals surface area contributed by atoms with E-state index in [2.05, 4.69) is 5.92 Å². The molecule has 50 valence electrons. The van der Waals surface area contributed by atoms with Crippen LogP contribution in [0.4, 0.5) is 0 Å². The lowest BCUT2D eigenvalue weighted by molar-refractivity contribution is -0.114. The van der Waals surface area contributed by atoms with Gasteiger partial charge in [0.05, 0.1) is 0 Å². The molecule has 0 saturated heterocycles. The lowest BCUT2D eigenvalue weighted by Crippen LogP contribution is -2.15. The molecule has 0 atom stereocenters. The van der Waals surface area contributed by atoms with Crippen LogP contribution in [0.2, 0.25) is 0 Å². The lowest BCUT2D eigenvalue weighted by atomic mass is 10.3. The molecule has 0 aromatic rings. The Hall–Kier alpha value is -0.810. The second-order valence-electron chi connectivity index (χ2n) is 2.12. The number of hydrogen-bond acceptors (Lipinski definition) is 2. The molecule has 0 fully saturated rings. The molecule has 0 bridgehead atoms. The van der Waals surface area contributed by atoms with Crippen LogP contribution in [0.25, 0.3) is 0 Å². The van der Waals surface area contributed by atoms with Gasteiger partial charge in [-0.15, -0.1) is 6.42 Å². The Morgan fingerprint density at radius 1 is 1.67 bits per heavy atom. The van der Waals surface area contributed by atoms with Crippen molar-refractivity contribution in [2.45, 2.75) is 6.42 Å². The maximum absolute atomic E-state index is 10.5. The zero-order chi connectivity index (χ0) is 7.28. The van der Waals surface area contributed by atoms with Crippen molar-refractivity contribution in [3.63, 3.8) is 0 Å². The predicted octanol–water partition coefficient (Wildman–Crippen LogP) is 0.140. The van der Waals surface area contributed by atoms with Gasteiger partial charge < -0.3 is 4.90 Å². The first-order chi connectivity index (χ1) is 4.16. The minimum atomic E-state index is -0.122. The molecule has 0 unspecified atom stereocenters. The first-order valence-corrected chi connectivity index (χ1v) is 2.81. The Labute approximate surface area is 55.8 Å². The Kier molecular flexibility index (Phi) is 3.74. The first kappa shape index (κ1) is 8.19. The third-order valence-corrected chi connectivity index (χ3v) is 0.947. The summed E-state index contributed by atoms with van der Waals surface area (Å²) in [6.45, 7) is 0.739. The van der Waals surface area contributed by atoms with E-state index in [-0.39, 0.29) is 5.78 Å². The van der Waals surface area contributed by atoms with E-state index in [1.807, 2.05) is 19.0 Å². The average molecular weight is 125 g/mol. The maximum atomic E-state index is 10.5. The highest BCUT2D eigenvalue weighted by Crippen LogP contribution is 1.82. The summed E-state index contributed by atoms with van der Waals surface area (Å²) in [4.78, 5) is 12.4. The van der Waals surface area contributed by atoms with E-state index in [1.54, 1.807) is 0 Å². The molecule has 0 rings (SSSR count). The zero-order valence-corrected chi connectivity index (χ0v) is 5.85. The van der Waals surface area contributed by atoms with Crippen LogP contribution in [0, 0.1) is 12.3 Å². The van der Waals surface area contributed by atoms with Gasteiger partial charge in [-0.2, -0.15) is 0 Å². The Balaban J connectivity index is 3.31. The molecule has 0 aliphatic rings. The van der Waals surface area contributed by atoms with Crippen molar-refractivity contribution in [1.82, 2.24) is 4.90 Å². The van der Waals surface area contributed by atoms with Crippen LogP contribution in [0.5, 0.6) is 0 Å². The zero-order valence-electron chi connectivity index (χ0n) is 5.85. The van der Waals surface area contributed by atoms with Gasteiger partial charge in [0.15, 0.2) is 0 Å². The molecule has 0 radical (unpaired) electrons. The molecule has 0 aliphatic heterocycles. The molecule has 0 amide bonds. The summed E-state index contributed by atoms with van der Waals surface area (Å²) in [5.74, 6) is 1.93. The molecule has 0 N–H and O–H groups in total. The highest BCUT2D eigenvalue weighted by Gasteiger charge is 1.95. The fourth-order valence-corrected chi connectivity index (χ4v) is 0.397. The molecule has 2 heteroatoms. The standard InChI is InChI=1S/C7H11NO/c1-4-7(9)5-6-8(2)3/h1H,5-6H2,2-3H3. The third-order valence-electron chi connectivity index (χ3n) is 0.947. The number of hydrogen-bond donors (Lipinski definition) is 0. The average Bonchev–Trinajstić information content (AvgIpc) is 1.83. The van der Waals surface area contributed by atoms with Crippen LogP contribution in [-0.4, -0.2) is 31.3 Å². The van der Waals surface area contributed by atoms with Crippen molar-refractivity contribution in [2.75, 3.05) is 20.6 Å². The van der Waals surface area contributed by atoms with Crippen LogP contribution in [0.15, 0.2) is 0 Å². The predicted molar refractivity (Wildman–Crippen MR) is 37.0 cm³/mol. The highest BCUT2D eigenvalue weighted by molar-refractivity contribution is 5.94. The van der Waals surface area contributed by atoms with Gasteiger partial charge in [0.1, 0.15) is 0 Å². The van der Waals surface area contributed by atoms with Gasteiger partial charge in [-0.25, -0.2) is 0 Å². The van der Waals surface area contributed by atoms with Gasteiger partial charge in [0.2, 0.25) is 5.78 Å². The molecule has 0 aromatic heterocycles. The van der Waals surface area contributed by atoms with Crippen molar-refractivity contribution in [3.8, 4) is 12.3 Å². The van der Waals surface area contributed by atoms with Crippen molar-refractivity contribution in [2.24, 2.45) is 0 Å². The first-order valence-electron chi connectivity index (χ1n) is 2.81. The maximum Gasteiger partial charge on any atom is 0.206 e. The molecule has 0 aliphatic carbocycles. The molecule has 2 nitrogen and oxygen atoms in total. The molecule has 9 heavy (non-hydrogen) atoms. The smallest absolute Gasteiger partial charge is 0.206 e. The van der Waals surface area contributed by atoms with E-state index in [0.717, 1.165) is 6.54 Å². The summed E-state index contributed by atoms with van der Waals surface area (Å²) in [5, 5.41) is 0. The number of rotatable bonds is 3. The van der Waals surface area contributed by atoms with E-state index in [1.165, 1.54) is 0 Å². The largest absolute Gasteiger partial charge is 0.309 e. The Morgan fingerprint density at radius 3 is 2.56 bits per heavy atom. The van der Waals surface area contributed by atoms with Gasteiger partial charge in [0.25, 0.3) is 0 Å². The van der Waals surface area contributed by atoms with Gasteiger partial charge in [-0.1, -0.05) is 0 Å². The lowest BCUT2D eigenvalue weighted by Gasteiger charge is -2.05. The number of carbonyl (C=O) groups excluding carboxylic acids is 1. The highest BCUT2D eigenvalue weighted by atomic mass is 16.1. The normalized spacial score (nSPS) is 9.11. The summed E-state index contributed by atoms with van der Waals surface area (Å²) in [6.07, 6.45) is 5.30. The number of ketones is 1. The molecule has 0 spiro atoms. The van der Waals surface area contributed by atoms with Gasteiger partial charge in [-0.05, 0) is 20.0 Å². The molecular formula is C7H11NO. The summed E-state index contributed by atoms with van der Waals surface area (Å²) in [7, 11) is 3.81. The number of carbonyl (C=O) groups is 1. The third kappa shape index (κ3) is 5.05. The van der Waals surface area contributed by atoms with Gasteiger partial charge in [0, 0.05) is 13.0 Å². The fourth-order valence-electron chi connectivity index (χ4n) is 0.397. The second kappa shape index (κ2) is 4.11. The van der Waals surface area contributed by atoms with E-state index in [0.29, 0.717) is 6.42 Å². The van der Waals surface area contributed by atoms with Crippen molar-refractivity contribution < 1.29 is 4.79 Å².